The standard InChI is InChI=1S/C13H27NO/c1-4-5-6-7-14-8-13(9-14)11-15-10-12(2)3/h12-13H,4-11H2,1-3H3. The van der Waals surface area contributed by atoms with Gasteiger partial charge in [0.15, 0.2) is 0 Å². The van der Waals surface area contributed by atoms with Crippen molar-refractivity contribution in [2.75, 3.05) is 32.8 Å². The molecule has 2 heteroatoms. The second-order valence-corrected chi connectivity index (χ2v) is 5.26. The second-order valence-electron chi connectivity index (χ2n) is 5.26. The summed E-state index contributed by atoms with van der Waals surface area (Å²) in [6, 6.07) is 0. The molecule has 2 nitrogen and oxygen atoms in total. The minimum atomic E-state index is 0.672. The van der Waals surface area contributed by atoms with E-state index in [-0.39, 0.29) is 0 Å². The Kier molecular flexibility index (Phi) is 6.26. The van der Waals surface area contributed by atoms with E-state index in [2.05, 4.69) is 25.7 Å². The third-order valence-corrected chi connectivity index (χ3v) is 2.92. The summed E-state index contributed by atoms with van der Waals surface area (Å²) in [5.74, 6) is 1.48. The van der Waals surface area contributed by atoms with E-state index >= 15 is 0 Å². The van der Waals surface area contributed by atoms with Gasteiger partial charge in [-0.3, -0.25) is 0 Å². The van der Waals surface area contributed by atoms with Crippen LogP contribution in [0.2, 0.25) is 0 Å². The summed E-state index contributed by atoms with van der Waals surface area (Å²) < 4.78 is 5.65. The van der Waals surface area contributed by atoms with Crippen LogP contribution in [0.3, 0.4) is 0 Å². The molecule has 1 aliphatic rings. The molecular weight excluding hydrogens is 186 g/mol. The van der Waals surface area contributed by atoms with Crippen molar-refractivity contribution in [2.24, 2.45) is 11.8 Å². The van der Waals surface area contributed by atoms with Gasteiger partial charge < -0.3 is 9.64 Å². The van der Waals surface area contributed by atoms with Crippen molar-refractivity contribution in [3.8, 4) is 0 Å². The van der Waals surface area contributed by atoms with Crippen molar-refractivity contribution in [1.82, 2.24) is 4.90 Å². The molecule has 0 aromatic rings. The second kappa shape index (κ2) is 7.24. The average molecular weight is 213 g/mol. The van der Waals surface area contributed by atoms with E-state index in [0.717, 1.165) is 19.1 Å². The Hall–Kier alpha value is -0.0800. The zero-order valence-electron chi connectivity index (χ0n) is 10.7. The first-order chi connectivity index (χ1) is 7.22. The highest BCUT2D eigenvalue weighted by Gasteiger charge is 2.25. The van der Waals surface area contributed by atoms with Gasteiger partial charge in [-0.25, -0.2) is 0 Å². The van der Waals surface area contributed by atoms with E-state index < -0.39 is 0 Å². The average Bonchev–Trinajstić information content (AvgIpc) is 2.12. The van der Waals surface area contributed by atoms with Gasteiger partial charge >= 0.3 is 0 Å². The van der Waals surface area contributed by atoms with E-state index in [0.29, 0.717) is 5.92 Å². The van der Waals surface area contributed by atoms with E-state index in [1.807, 2.05) is 0 Å². The predicted octanol–water partition coefficient (Wildman–Crippen LogP) is 2.78. The van der Waals surface area contributed by atoms with Gasteiger partial charge in [0.05, 0.1) is 6.61 Å². The molecule has 0 bridgehead atoms. The molecular formula is C13H27NO. The first-order valence-electron chi connectivity index (χ1n) is 6.52. The minimum Gasteiger partial charge on any atom is -0.381 e. The minimum absolute atomic E-state index is 0.672. The maximum atomic E-state index is 5.65. The summed E-state index contributed by atoms with van der Waals surface area (Å²) in [4.78, 5) is 2.55. The highest BCUT2D eigenvalue weighted by molar-refractivity contribution is 4.79. The van der Waals surface area contributed by atoms with E-state index in [4.69, 9.17) is 4.74 Å². The van der Waals surface area contributed by atoms with Crippen molar-refractivity contribution in [3.63, 3.8) is 0 Å². The predicted molar refractivity (Wildman–Crippen MR) is 65.1 cm³/mol. The first kappa shape index (κ1) is 13.0. The van der Waals surface area contributed by atoms with Crippen LogP contribution >= 0.6 is 0 Å². The van der Waals surface area contributed by atoms with Crippen molar-refractivity contribution in [1.29, 1.82) is 0 Å². The highest BCUT2D eigenvalue weighted by atomic mass is 16.5. The molecule has 1 rings (SSSR count). The number of unbranched alkanes of at least 4 members (excludes halogenated alkanes) is 2. The molecule has 1 saturated heterocycles. The maximum absolute atomic E-state index is 5.65. The van der Waals surface area contributed by atoms with Crippen molar-refractivity contribution >= 4 is 0 Å². The number of ether oxygens (including phenoxy) is 1. The fraction of sp³-hybridized carbons (Fsp3) is 1.00. The van der Waals surface area contributed by atoms with Crippen LogP contribution in [0.4, 0.5) is 0 Å². The molecule has 0 aliphatic carbocycles. The normalized spacial score (nSPS) is 18.4. The molecule has 0 aromatic carbocycles. The van der Waals surface area contributed by atoms with Crippen LogP contribution in [0.15, 0.2) is 0 Å². The Balaban J connectivity index is 1.87. The summed E-state index contributed by atoms with van der Waals surface area (Å²) in [7, 11) is 0. The van der Waals surface area contributed by atoms with Gasteiger partial charge in [0.25, 0.3) is 0 Å². The van der Waals surface area contributed by atoms with Gasteiger partial charge in [-0.2, -0.15) is 0 Å². The molecule has 1 fully saturated rings. The van der Waals surface area contributed by atoms with Gasteiger partial charge in [-0.1, -0.05) is 33.6 Å². The van der Waals surface area contributed by atoms with Crippen molar-refractivity contribution in [3.05, 3.63) is 0 Å². The SMILES string of the molecule is CCCCCN1CC(COCC(C)C)C1. The third kappa shape index (κ3) is 5.53. The zero-order valence-corrected chi connectivity index (χ0v) is 10.7. The van der Waals surface area contributed by atoms with Crippen LogP contribution in [0, 0.1) is 11.8 Å². The fourth-order valence-electron chi connectivity index (χ4n) is 2.02. The van der Waals surface area contributed by atoms with Gasteiger partial charge in [0, 0.05) is 25.6 Å². The van der Waals surface area contributed by atoms with Crippen molar-refractivity contribution < 1.29 is 4.74 Å². The molecule has 0 saturated carbocycles. The number of nitrogens with zero attached hydrogens (tertiary/aromatic N) is 1. The lowest BCUT2D eigenvalue weighted by Gasteiger charge is -2.39. The smallest absolute Gasteiger partial charge is 0.0518 e. The lowest BCUT2D eigenvalue weighted by atomic mass is 10.0. The molecule has 0 radical (unpaired) electrons. The third-order valence-electron chi connectivity index (χ3n) is 2.92. The van der Waals surface area contributed by atoms with Crippen LogP contribution in [-0.2, 0) is 4.74 Å². The maximum Gasteiger partial charge on any atom is 0.0518 e. The fourth-order valence-corrected chi connectivity index (χ4v) is 2.02. The van der Waals surface area contributed by atoms with Crippen LogP contribution < -0.4 is 0 Å². The topological polar surface area (TPSA) is 12.5 Å². The number of hydrogen-bond donors (Lipinski definition) is 0. The van der Waals surface area contributed by atoms with E-state index in [9.17, 15) is 0 Å². The largest absolute Gasteiger partial charge is 0.381 e. The number of rotatable bonds is 8. The van der Waals surface area contributed by atoms with Crippen LogP contribution in [0.5, 0.6) is 0 Å². The molecule has 1 aliphatic heterocycles. The van der Waals surface area contributed by atoms with Gasteiger partial charge in [-0.05, 0) is 18.9 Å². The number of hydrogen-bond acceptors (Lipinski definition) is 2. The number of likely N-dealkylation sites (tertiary alicyclic amines) is 1. The molecule has 1 heterocycles. The Morgan fingerprint density at radius 2 is 2.00 bits per heavy atom. The first-order valence-corrected chi connectivity index (χ1v) is 6.52. The molecule has 0 atom stereocenters. The Bertz CT molecular complexity index is 153. The molecule has 0 unspecified atom stereocenters. The van der Waals surface area contributed by atoms with E-state index in [1.165, 1.54) is 38.9 Å². The summed E-state index contributed by atoms with van der Waals surface area (Å²) in [6.45, 7) is 12.4. The van der Waals surface area contributed by atoms with Crippen LogP contribution in [-0.4, -0.2) is 37.7 Å². The van der Waals surface area contributed by atoms with Crippen LogP contribution in [0.1, 0.15) is 40.0 Å². The van der Waals surface area contributed by atoms with Crippen molar-refractivity contribution in [2.45, 2.75) is 40.0 Å². The molecule has 90 valence electrons. The molecule has 0 N–H and O–H groups in total. The lowest BCUT2D eigenvalue weighted by Crippen LogP contribution is -2.48. The monoisotopic (exact) mass is 213 g/mol. The van der Waals surface area contributed by atoms with Gasteiger partial charge in [0.1, 0.15) is 0 Å². The summed E-state index contributed by atoms with van der Waals surface area (Å²) >= 11 is 0. The summed E-state index contributed by atoms with van der Waals surface area (Å²) in [6.07, 6.45) is 4.08. The molecule has 15 heavy (non-hydrogen) atoms. The van der Waals surface area contributed by atoms with Gasteiger partial charge in [-0.15, -0.1) is 0 Å². The summed E-state index contributed by atoms with van der Waals surface area (Å²) in [5, 5.41) is 0. The Morgan fingerprint density at radius 1 is 1.27 bits per heavy atom. The Morgan fingerprint density at radius 3 is 2.60 bits per heavy atom. The molecule has 0 spiro atoms. The molecule has 0 amide bonds. The summed E-state index contributed by atoms with van der Waals surface area (Å²) in [5.41, 5.74) is 0. The quantitative estimate of drug-likeness (QED) is 0.575. The lowest BCUT2D eigenvalue weighted by molar-refractivity contribution is 0.00610. The zero-order chi connectivity index (χ0) is 11.1. The molecule has 0 aromatic heterocycles. The van der Waals surface area contributed by atoms with E-state index in [1.54, 1.807) is 0 Å². The van der Waals surface area contributed by atoms with Crippen LogP contribution in [0.25, 0.3) is 0 Å². The Labute approximate surface area is 95.0 Å². The van der Waals surface area contributed by atoms with Gasteiger partial charge in [0.2, 0.25) is 0 Å². The highest BCUT2D eigenvalue weighted by Crippen LogP contribution is 2.16.